The number of piperidine rings is 2. The molecule has 2 aliphatic rings. The summed E-state index contributed by atoms with van der Waals surface area (Å²) in [5.74, 6) is -0.815. The highest BCUT2D eigenvalue weighted by Crippen LogP contribution is 2.21. The molecule has 7 nitrogen and oxygen atoms in total. The maximum atomic E-state index is 12.6. The molecule has 0 aliphatic carbocycles. The van der Waals surface area contributed by atoms with Gasteiger partial charge < -0.3 is 9.64 Å². The zero-order valence-corrected chi connectivity index (χ0v) is 17.1. The Kier molecular flexibility index (Phi) is 6.72. The van der Waals surface area contributed by atoms with Crippen molar-refractivity contribution in [2.24, 2.45) is 0 Å². The van der Waals surface area contributed by atoms with E-state index in [2.05, 4.69) is 0 Å². The van der Waals surface area contributed by atoms with Gasteiger partial charge in [-0.3, -0.25) is 4.79 Å². The van der Waals surface area contributed by atoms with E-state index in [1.807, 2.05) is 6.92 Å². The van der Waals surface area contributed by atoms with Gasteiger partial charge in [0.2, 0.25) is 10.0 Å². The minimum atomic E-state index is -3.53. The predicted octanol–water partition coefficient (Wildman–Crippen LogP) is 2.42. The van der Waals surface area contributed by atoms with Crippen LogP contribution in [-0.4, -0.2) is 61.8 Å². The standard InChI is InChI=1S/C20H28N2O5S/c1-16-7-3-6-14-22(16)19(23)15-27-20(24)17-8-10-18(11-9-17)28(25,26)21-12-4-2-5-13-21/h8-11,16H,2-7,12-15H2,1H3/t16-/m1/s1. The molecule has 8 heteroatoms. The van der Waals surface area contributed by atoms with E-state index in [0.29, 0.717) is 19.6 Å². The Labute approximate surface area is 166 Å². The Balaban J connectivity index is 1.58. The summed E-state index contributed by atoms with van der Waals surface area (Å²) in [7, 11) is -3.53. The number of rotatable bonds is 5. The predicted molar refractivity (Wildman–Crippen MR) is 104 cm³/mol. The largest absolute Gasteiger partial charge is 0.452 e. The molecule has 154 valence electrons. The highest BCUT2D eigenvalue weighted by atomic mass is 32.2. The van der Waals surface area contributed by atoms with E-state index in [-0.39, 0.29) is 29.0 Å². The average molecular weight is 409 g/mol. The molecule has 0 bridgehead atoms. The first-order chi connectivity index (χ1) is 13.4. The van der Waals surface area contributed by atoms with Crippen LogP contribution in [0.25, 0.3) is 0 Å². The minimum absolute atomic E-state index is 0.166. The third-order valence-electron chi connectivity index (χ3n) is 5.49. The van der Waals surface area contributed by atoms with Crippen molar-refractivity contribution < 1.29 is 22.7 Å². The lowest BCUT2D eigenvalue weighted by molar-refractivity contribution is -0.137. The van der Waals surface area contributed by atoms with Crippen LogP contribution in [0, 0.1) is 0 Å². The summed E-state index contributed by atoms with van der Waals surface area (Å²) in [6.45, 7) is 3.46. The zero-order valence-electron chi connectivity index (χ0n) is 16.3. The maximum absolute atomic E-state index is 12.6. The number of nitrogens with zero attached hydrogens (tertiary/aromatic N) is 2. The first-order valence-corrected chi connectivity index (χ1v) is 11.4. The summed E-state index contributed by atoms with van der Waals surface area (Å²) < 4.78 is 31.9. The number of ether oxygens (including phenoxy) is 1. The van der Waals surface area contributed by atoms with Crippen LogP contribution in [0.3, 0.4) is 0 Å². The van der Waals surface area contributed by atoms with Crippen molar-refractivity contribution in [3.05, 3.63) is 29.8 Å². The molecule has 0 spiro atoms. The number of carbonyl (C=O) groups is 2. The summed E-state index contributed by atoms with van der Waals surface area (Å²) in [6, 6.07) is 5.89. The Bertz CT molecular complexity index is 800. The van der Waals surface area contributed by atoms with Crippen molar-refractivity contribution in [1.82, 2.24) is 9.21 Å². The van der Waals surface area contributed by atoms with E-state index < -0.39 is 16.0 Å². The van der Waals surface area contributed by atoms with E-state index in [0.717, 1.165) is 38.5 Å². The van der Waals surface area contributed by atoms with Crippen LogP contribution in [0.1, 0.15) is 55.8 Å². The number of benzene rings is 1. The van der Waals surface area contributed by atoms with Gasteiger partial charge in [-0.15, -0.1) is 0 Å². The minimum Gasteiger partial charge on any atom is -0.452 e. The van der Waals surface area contributed by atoms with Gasteiger partial charge in [0.05, 0.1) is 10.5 Å². The van der Waals surface area contributed by atoms with Crippen LogP contribution in [-0.2, 0) is 19.6 Å². The van der Waals surface area contributed by atoms with Crippen LogP contribution in [0.5, 0.6) is 0 Å². The first kappa shape index (κ1) is 20.8. The van der Waals surface area contributed by atoms with E-state index in [9.17, 15) is 18.0 Å². The van der Waals surface area contributed by atoms with Crippen molar-refractivity contribution >= 4 is 21.9 Å². The van der Waals surface area contributed by atoms with E-state index in [1.54, 1.807) is 4.90 Å². The quantitative estimate of drug-likeness (QED) is 0.699. The van der Waals surface area contributed by atoms with Gasteiger partial charge in [-0.25, -0.2) is 13.2 Å². The summed E-state index contributed by atoms with van der Waals surface area (Å²) in [5, 5.41) is 0. The Morgan fingerprint density at radius 1 is 1.00 bits per heavy atom. The summed E-state index contributed by atoms with van der Waals surface area (Å²) in [5.41, 5.74) is 0.233. The molecule has 0 saturated carbocycles. The monoisotopic (exact) mass is 408 g/mol. The second-order valence-corrected chi connectivity index (χ2v) is 9.44. The molecular weight excluding hydrogens is 380 g/mol. The molecule has 1 atom stereocenters. The van der Waals surface area contributed by atoms with Gasteiger partial charge in [0.15, 0.2) is 6.61 Å². The third-order valence-corrected chi connectivity index (χ3v) is 7.41. The van der Waals surface area contributed by atoms with Crippen molar-refractivity contribution in [1.29, 1.82) is 0 Å². The Morgan fingerprint density at radius 2 is 1.64 bits per heavy atom. The van der Waals surface area contributed by atoms with Gasteiger partial charge in [0.1, 0.15) is 0 Å². The molecule has 2 aliphatic heterocycles. The van der Waals surface area contributed by atoms with Crippen molar-refractivity contribution in [2.45, 2.75) is 56.4 Å². The molecule has 28 heavy (non-hydrogen) atoms. The van der Waals surface area contributed by atoms with E-state index >= 15 is 0 Å². The van der Waals surface area contributed by atoms with Gasteiger partial charge >= 0.3 is 5.97 Å². The van der Waals surface area contributed by atoms with Crippen LogP contribution in [0.15, 0.2) is 29.2 Å². The van der Waals surface area contributed by atoms with Crippen molar-refractivity contribution in [3.63, 3.8) is 0 Å². The van der Waals surface area contributed by atoms with Gasteiger partial charge in [-0.2, -0.15) is 4.31 Å². The number of sulfonamides is 1. The normalized spacial score (nSPS) is 21.3. The zero-order chi connectivity index (χ0) is 20.1. The van der Waals surface area contributed by atoms with E-state index in [4.69, 9.17) is 4.74 Å². The first-order valence-electron chi connectivity index (χ1n) is 9.96. The van der Waals surface area contributed by atoms with Crippen LogP contribution in [0.2, 0.25) is 0 Å². The summed E-state index contributed by atoms with van der Waals surface area (Å²) >= 11 is 0. The average Bonchev–Trinajstić information content (AvgIpc) is 2.73. The van der Waals surface area contributed by atoms with Gasteiger partial charge in [-0.05, 0) is 63.3 Å². The fourth-order valence-corrected chi connectivity index (χ4v) is 5.30. The van der Waals surface area contributed by atoms with Crippen molar-refractivity contribution in [3.8, 4) is 0 Å². The molecule has 2 saturated heterocycles. The number of amides is 1. The van der Waals surface area contributed by atoms with Gasteiger partial charge in [0, 0.05) is 25.7 Å². The summed E-state index contributed by atoms with van der Waals surface area (Å²) in [4.78, 5) is 26.4. The lowest BCUT2D eigenvalue weighted by atomic mass is 10.0. The number of hydrogen-bond donors (Lipinski definition) is 0. The molecule has 0 radical (unpaired) electrons. The molecule has 1 aromatic carbocycles. The van der Waals surface area contributed by atoms with Crippen molar-refractivity contribution in [2.75, 3.05) is 26.2 Å². The molecule has 0 aromatic heterocycles. The molecule has 2 heterocycles. The van der Waals surface area contributed by atoms with Crippen LogP contribution >= 0.6 is 0 Å². The number of esters is 1. The summed E-state index contributed by atoms with van der Waals surface area (Å²) in [6.07, 6.45) is 5.83. The van der Waals surface area contributed by atoms with Gasteiger partial charge in [0.25, 0.3) is 5.91 Å². The fraction of sp³-hybridized carbons (Fsp3) is 0.600. The SMILES string of the molecule is C[C@@H]1CCCCN1C(=O)COC(=O)c1ccc(S(=O)(=O)N2CCCCC2)cc1. The molecule has 0 N–H and O–H groups in total. The number of likely N-dealkylation sites (tertiary alicyclic amines) is 1. The molecule has 1 amide bonds. The lowest BCUT2D eigenvalue weighted by Gasteiger charge is -2.33. The number of hydrogen-bond acceptors (Lipinski definition) is 5. The molecule has 3 rings (SSSR count). The smallest absolute Gasteiger partial charge is 0.338 e. The van der Waals surface area contributed by atoms with Gasteiger partial charge in [-0.1, -0.05) is 6.42 Å². The third kappa shape index (κ3) is 4.72. The molecule has 1 aromatic rings. The second-order valence-electron chi connectivity index (χ2n) is 7.50. The Morgan fingerprint density at radius 3 is 2.29 bits per heavy atom. The fourth-order valence-electron chi connectivity index (χ4n) is 3.78. The van der Waals surface area contributed by atoms with E-state index in [1.165, 1.54) is 28.6 Å². The Hall–Kier alpha value is -1.93. The molecule has 0 unspecified atom stereocenters. The second kappa shape index (κ2) is 9.05. The highest BCUT2D eigenvalue weighted by molar-refractivity contribution is 7.89. The molecule has 2 fully saturated rings. The lowest BCUT2D eigenvalue weighted by Crippen LogP contribution is -2.44. The van der Waals surface area contributed by atoms with Crippen LogP contribution < -0.4 is 0 Å². The maximum Gasteiger partial charge on any atom is 0.338 e. The van der Waals surface area contributed by atoms with Crippen LogP contribution in [0.4, 0.5) is 0 Å². The molecular formula is C20H28N2O5S. The topological polar surface area (TPSA) is 84.0 Å². The highest BCUT2D eigenvalue weighted by Gasteiger charge is 2.27. The number of carbonyl (C=O) groups excluding carboxylic acids is 2.